The van der Waals surface area contributed by atoms with E-state index in [1.165, 1.54) is 5.69 Å². The minimum Gasteiger partial charge on any atom is -0.389 e. The van der Waals surface area contributed by atoms with Gasteiger partial charge in [-0.1, -0.05) is 53.5 Å². The Balaban J connectivity index is 2.35. The first-order valence-corrected chi connectivity index (χ1v) is 8.23. The lowest BCUT2D eigenvalue weighted by atomic mass is 10.1. The first kappa shape index (κ1) is 16.1. The fourth-order valence-electron chi connectivity index (χ4n) is 2.35. The van der Waals surface area contributed by atoms with Crippen molar-refractivity contribution >= 4 is 27.3 Å². The highest BCUT2D eigenvalue weighted by atomic mass is 79.9. The van der Waals surface area contributed by atoms with Gasteiger partial charge in [0.05, 0.1) is 6.10 Å². The minimum atomic E-state index is -0.464. The van der Waals surface area contributed by atoms with E-state index in [1.54, 1.807) is 6.92 Å². The molecular weight excluding hydrogens is 326 g/mol. The lowest BCUT2D eigenvalue weighted by Crippen LogP contribution is -2.18. The quantitative estimate of drug-likeness (QED) is 0.751. The van der Waals surface area contributed by atoms with Gasteiger partial charge >= 0.3 is 0 Å². The fraction of sp³-hybridized carbons (Fsp3) is 0.333. The zero-order valence-electron chi connectivity index (χ0n) is 12.6. The zero-order chi connectivity index (χ0) is 15.2. The molecule has 2 rings (SSSR count). The summed E-state index contributed by atoms with van der Waals surface area (Å²) in [6, 6.07) is 16.6. The van der Waals surface area contributed by atoms with Gasteiger partial charge in [-0.3, -0.25) is 0 Å². The summed E-state index contributed by atoms with van der Waals surface area (Å²) in [7, 11) is 0. The molecule has 2 aromatic carbocycles. The zero-order valence-corrected chi connectivity index (χ0v) is 14.2. The molecule has 0 spiro atoms. The molecule has 0 heterocycles. The predicted molar refractivity (Wildman–Crippen MR) is 93.1 cm³/mol. The highest BCUT2D eigenvalue weighted by Gasteiger charge is 2.12. The van der Waals surface area contributed by atoms with E-state index in [2.05, 4.69) is 64.2 Å². The Morgan fingerprint density at radius 2 is 1.81 bits per heavy atom. The van der Waals surface area contributed by atoms with Crippen LogP contribution < -0.4 is 4.90 Å². The second kappa shape index (κ2) is 7.62. The lowest BCUT2D eigenvalue weighted by molar-refractivity contribution is 0.198. The number of hydrogen-bond donors (Lipinski definition) is 1. The molecular formula is C18H22BrNO. The Kier molecular flexibility index (Phi) is 5.83. The van der Waals surface area contributed by atoms with Gasteiger partial charge in [-0.15, -0.1) is 0 Å². The Bertz CT molecular complexity index is 569. The Morgan fingerprint density at radius 1 is 1.10 bits per heavy atom. The van der Waals surface area contributed by atoms with E-state index in [9.17, 15) is 5.11 Å². The highest BCUT2D eigenvalue weighted by Crippen LogP contribution is 2.32. The minimum absolute atomic E-state index is 0.464. The second-order valence-electron chi connectivity index (χ2n) is 5.22. The molecule has 112 valence electrons. The number of benzene rings is 2. The summed E-state index contributed by atoms with van der Waals surface area (Å²) >= 11 is 3.57. The summed E-state index contributed by atoms with van der Waals surface area (Å²) < 4.78 is 0.951. The van der Waals surface area contributed by atoms with Crippen LogP contribution in [0.15, 0.2) is 53.0 Å². The van der Waals surface area contributed by atoms with Crippen LogP contribution in [0.4, 0.5) is 11.4 Å². The normalized spacial score (nSPS) is 12.2. The van der Waals surface area contributed by atoms with Crippen molar-refractivity contribution in [1.29, 1.82) is 0 Å². The molecule has 0 unspecified atom stereocenters. The molecule has 0 aliphatic heterocycles. The number of hydrogen-bond acceptors (Lipinski definition) is 2. The van der Waals surface area contributed by atoms with Crippen LogP contribution >= 0.6 is 15.9 Å². The number of aliphatic hydroxyl groups is 1. The largest absolute Gasteiger partial charge is 0.389 e. The van der Waals surface area contributed by atoms with Crippen molar-refractivity contribution in [3.8, 4) is 0 Å². The fourth-order valence-corrected chi connectivity index (χ4v) is 3.05. The third kappa shape index (κ3) is 4.08. The van der Waals surface area contributed by atoms with Crippen LogP contribution in [0.1, 0.15) is 38.4 Å². The molecule has 1 N–H and O–H groups in total. The van der Waals surface area contributed by atoms with Crippen LogP contribution in [0.5, 0.6) is 0 Å². The van der Waals surface area contributed by atoms with E-state index in [1.807, 2.05) is 12.1 Å². The Hall–Kier alpha value is -1.32. The van der Waals surface area contributed by atoms with E-state index in [0.29, 0.717) is 0 Å². The number of nitrogens with zero attached hydrogens (tertiary/aromatic N) is 1. The number of para-hydroxylation sites is 1. The average Bonchev–Trinajstić information content (AvgIpc) is 2.48. The maximum Gasteiger partial charge on any atom is 0.0772 e. The van der Waals surface area contributed by atoms with Crippen LogP contribution in [-0.4, -0.2) is 11.7 Å². The SMILES string of the molecule is CCCCN(c1ccccc1)c1ccc([C@H](C)O)c(Br)c1. The second-order valence-corrected chi connectivity index (χ2v) is 6.08. The Labute approximate surface area is 135 Å². The number of anilines is 2. The van der Waals surface area contributed by atoms with E-state index in [4.69, 9.17) is 0 Å². The van der Waals surface area contributed by atoms with Crippen molar-refractivity contribution in [2.24, 2.45) is 0 Å². The maximum absolute atomic E-state index is 9.75. The molecule has 2 aromatic rings. The smallest absolute Gasteiger partial charge is 0.0772 e. The lowest BCUT2D eigenvalue weighted by Gasteiger charge is -2.26. The summed E-state index contributed by atoms with van der Waals surface area (Å²) in [5.41, 5.74) is 3.26. The van der Waals surface area contributed by atoms with Gasteiger partial charge in [0.25, 0.3) is 0 Å². The molecule has 1 atom stereocenters. The van der Waals surface area contributed by atoms with Gasteiger partial charge in [0.2, 0.25) is 0 Å². The van der Waals surface area contributed by atoms with Crippen molar-refractivity contribution in [2.75, 3.05) is 11.4 Å². The summed E-state index contributed by atoms with van der Waals surface area (Å²) in [5.74, 6) is 0. The topological polar surface area (TPSA) is 23.5 Å². The van der Waals surface area contributed by atoms with E-state index in [0.717, 1.165) is 35.1 Å². The van der Waals surface area contributed by atoms with E-state index < -0.39 is 6.10 Å². The van der Waals surface area contributed by atoms with E-state index in [-0.39, 0.29) is 0 Å². The van der Waals surface area contributed by atoms with Crippen LogP contribution in [0.2, 0.25) is 0 Å². The molecule has 0 aromatic heterocycles. The summed E-state index contributed by atoms with van der Waals surface area (Å²) in [6.07, 6.45) is 1.84. The molecule has 0 saturated carbocycles. The Morgan fingerprint density at radius 3 is 2.38 bits per heavy atom. The van der Waals surface area contributed by atoms with Gasteiger partial charge in [-0.05, 0) is 43.2 Å². The molecule has 3 heteroatoms. The van der Waals surface area contributed by atoms with Crippen molar-refractivity contribution < 1.29 is 5.11 Å². The van der Waals surface area contributed by atoms with Gasteiger partial charge in [0.1, 0.15) is 0 Å². The van der Waals surface area contributed by atoms with Crippen LogP contribution in [0.3, 0.4) is 0 Å². The molecule has 0 aliphatic carbocycles. The first-order valence-electron chi connectivity index (χ1n) is 7.43. The third-order valence-corrected chi connectivity index (χ3v) is 4.24. The molecule has 21 heavy (non-hydrogen) atoms. The van der Waals surface area contributed by atoms with Gasteiger partial charge < -0.3 is 10.0 Å². The average molecular weight is 348 g/mol. The summed E-state index contributed by atoms with van der Waals surface area (Å²) in [4.78, 5) is 2.32. The van der Waals surface area contributed by atoms with E-state index >= 15 is 0 Å². The van der Waals surface area contributed by atoms with Crippen molar-refractivity contribution in [2.45, 2.75) is 32.8 Å². The van der Waals surface area contributed by atoms with Crippen molar-refractivity contribution in [1.82, 2.24) is 0 Å². The van der Waals surface area contributed by atoms with Gasteiger partial charge in [0, 0.05) is 22.4 Å². The first-order chi connectivity index (χ1) is 10.1. The molecule has 0 amide bonds. The third-order valence-electron chi connectivity index (χ3n) is 3.55. The van der Waals surface area contributed by atoms with Crippen LogP contribution in [0, 0.1) is 0 Å². The van der Waals surface area contributed by atoms with Crippen molar-refractivity contribution in [3.63, 3.8) is 0 Å². The van der Waals surface area contributed by atoms with Crippen LogP contribution in [0.25, 0.3) is 0 Å². The molecule has 0 saturated heterocycles. The van der Waals surface area contributed by atoms with Gasteiger partial charge in [-0.2, -0.15) is 0 Å². The highest BCUT2D eigenvalue weighted by molar-refractivity contribution is 9.10. The number of unbranched alkanes of at least 4 members (excludes halogenated alkanes) is 1. The van der Waals surface area contributed by atoms with Gasteiger partial charge in [-0.25, -0.2) is 0 Å². The number of aliphatic hydroxyl groups excluding tert-OH is 1. The monoisotopic (exact) mass is 347 g/mol. The summed E-state index contributed by atoms with van der Waals surface area (Å²) in [6.45, 7) is 4.97. The summed E-state index contributed by atoms with van der Waals surface area (Å²) in [5, 5.41) is 9.75. The molecule has 0 bridgehead atoms. The predicted octanol–water partition coefficient (Wildman–Crippen LogP) is 5.44. The van der Waals surface area contributed by atoms with Crippen LogP contribution in [-0.2, 0) is 0 Å². The number of halogens is 1. The van der Waals surface area contributed by atoms with Crippen molar-refractivity contribution in [3.05, 3.63) is 58.6 Å². The standard InChI is InChI=1S/C18H22BrNO/c1-3-4-12-20(15-8-6-5-7-9-15)16-10-11-17(14(2)21)18(19)13-16/h5-11,13-14,21H,3-4,12H2,1-2H3/t14-/m0/s1. The maximum atomic E-state index is 9.75. The number of rotatable bonds is 6. The van der Waals surface area contributed by atoms with Gasteiger partial charge in [0.15, 0.2) is 0 Å². The molecule has 0 aliphatic rings. The molecule has 2 nitrogen and oxygen atoms in total. The molecule has 0 fully saturated rings. The molecule has 0 radical (unpaired) electrons.